The molecular formula is C38H51N5O7. The van der Waals surface area contributed by atoms with Gasteiger partial charge in [-0.15, -0.1) is 0 Å². The fraction of sp³-hybridized carbons (Fsp3) is 0.553. The third-order valence-electron chi connectivity index (χ3n) is 10.9. The first-order valence-corrected chi connectivity index (χ1v) is 17.7. The minimum Gasteiger partial charge on any atom is -0.508 e. The second-order valence-electron chi connectivity index (χ2n) is 14.7. The molecule has 4 saturated carbocycles. The molecule has 8 N–H and O–H groups in total. The zero-order chi connectivity index (χ0) is 36.1. The normalized spacial score (nSPS) is 26.7. The average molecular weight is 690 g/mol. The van der Waals surface area contributed by atoms with Crippen molar-refractivity contribution in [1.82, 2.24) is 16.0 Å². The van der Waals surface area contributed by atoms with Crippen molar-refractivity contribution in [1.29, 1.82) is 0 Å². The summed E-state index contributed by atoms with van der Waals surface area (Å²) in [4.78, 5) is 67.8. The molecular weight excluding hydrogens is 638 g/mol. The first-order valence-electron chi connectivity index (χ1n) is 17.7. The zero-order valence-electron chi connectivity index (χ0n) is 29.0. The predicted octanol–water partition coefficient (Wildman–Crippen LogP) is 2.05. The maximum Gasteiger partial charge on any atom is 0.312 e. The molecule has 0 heterocycles. The summed E-state index contributed by atoms with van der Waals surface area (Å²) in [6.45, 7) is 1.53. The van der Waals surface area contributed by atoms with Crippen LogP contribution in [0.1, 0.15) is 69.4 Å². The van der Waals surface area contributed by atoms with E-state index in [9.17, 15) is 29.1 Å². The number of methoxy groups -OCH3 is 1. The van der Waals surface area contributed by atoms with E-state index < -0.39 is 65.2 Å². The van der Waals surface area contributed by atoms with Crippen molar-refractivity contribution >= 4 is 29.5 Å². The van der Waals surface area contributed by atoms with E-state index in [1.54, 1.807) is 12.1 Å². The Bertz CT molecular complexity index is 1530. The Hall–Kier alpha value is -4.29. The summed E-state index contributed by atoms with van der Waals surface area (Å²) in [5.41, 5.74) is 12.8. The number of nitrogens with one attached hydrogen (secondary N) is 3. The molecule has 3 unspecified atom stereocenters. The van der Waals surface area contributed by atoms with E-state index in [1.165, 1.54) is 19.2 Å². The van der Waals surface area contributed by atoms with Crippen molar-refractivity contribution in [2.75, 3.05) is 13.7 Å². The molecule has 0 aliphatic heterocycles. The number of rotatable bonds is 16. The number of ether oxygens (including phenoxy) is 1. The molecule has 0 saturated heterocycles. The Morgan fingerprint density at radius 2 is 1.52 bits per heavy atom. The van der Waals surface area contributed by atoms with Gasteiger partial charge in [-0.25, -0.2) is 0 Å². The van der Waals surface area contributed by atoms with Crippen molar-refractivity contribution < 1.29 is 33.8 Å². The van der Waals surface area contributed by atoms with Gasteiger partial charge >= 0.3 is 5.97 Å². The fourth-order valence-corrected chi connectivity index (χ4v) is 9.03. The van der Waals surface area contributed by atoms with Crippen LogP contribution in [0.15, 0.2) is 54.6 Å². The minimum absolute atomic E-state index is 0.101. The lowest BCUT2D eigenvalue weighted by atomic mass is 9.41. The Morgan fingerprint density at radius 1 is 0.880 bits per heavy atom. The fourth-order valence-electron chi connectivity index (χ4n) is 9.03. The van der Waals surface area contributed by atoms with Crippen molar-refractivity contribution in [3.63, 3.8) is 0 Å². The van der Waals surface area contributed by atoms with E-state index >= 15 is 0 Å². The molecule has 12 nitrogen and oxygen atoms in total. The number of aromatic hydroxyl groups is 1. The highest BCUT2D eigenvalue weighted by Crippen LogP contribution is 2.64. The van der Waals surface area contributed by atoms with E-state index in [-0.39, 0.29) is 36.2 Å². The molecule has 4 bridgehead atoms. The van der Waals surface area contributed by atoms with E-state index in [2.05, 4.69) is 16.0 Å². The summed E-state index contributed by atoms with van der Waals surface area (Å²) in [5.74, 6) is -2.58. The van der Waals surface area contributed by atoms with Gasteiger partial charge in [-0.1, -0.05) is 62.2 Å². The largest absolute Gasteiger partial charge is 0.508 e. The number of hydrogen-bond acceptors (Lipinski definition) is 9. The lowest BCUT2D eigenvalue weighted by Crippen LogP contribution is -2.72. The lowest BCUT2D eigenvalue weighted by molar-refractivity contribution is -0.188. The van der Waals surface area contributed by atoms with E-state index in [1.807, 2.05) is 37.3 Å². The smallest absolute Gasteiger partial charge is 0.312 e. The second kappa shape index (κ2) is 15.7. The van der Waals surface area contributed by atoms with Crippen LogP contribution in [0.4, 0.5) is 0 Å². The molecule has 6 rings (SSSR count). The van der Waals surface area contributed by atoms with Crippen molar-refractivity contribution in [3.05, 3.63) is 65.7 Å². The van der Waals surface area contributed by atoms with Crippen LogP contribution in [-0.4, -0.2) is 71.9 Å². The molecule has 2 aromatic rings. The van der Waals surface area contributed by atoms with Gasteiger partial charge in [-0.05, 0) is 86.5 Å². The van der Waals surface area contributed by atoms with E-state index in [4.69, 9.17) is 16.2 Å². The molecule has 0 aromatic heterocycles. The van der Waals surface area contributed by atoms with Crippen LogP contribution < -0.4 is 27.4 Å². The number of esters is 1. The molecule has 6 atom stereocenters. The van der Waals surface area contributed by atoms with Crippen molar-refractivity contribution in [2.45, 2.75) is 94.8 Å². The quantitative estimate of drug-likeness (QED) is 0.143. The van der Waals surface area contributed by atoms with Gasteiger partial charge in [0, 0.05) is 5.54 Å². The Kier molecular flexibility index (Phi) is 11.6. The summed E-state index contributed by atoms with van der Waals surface area (Å²) < 4.78 is 5.30. The van der Waals surface area contributed by atoms with E-state index in [0.29, 0.717) is 38.5 Å². The first-order chi connectivity index (χ1) is 23.9. The average Bonchev–Trinajstić information content (AvgIpc) is 3.08. The number of phenols is 1. The maximum absolute atomic E-state index is 14.6. The molecule has 0 radical (unpaired) electrons. The number of nitrogens with two attached hydrogens (primary N) is 2. The number of ketones is 1. The highest BCUT2D eigenvalue weighted by Gasteiger charge is 2.68. The topological polar surface area (TPSA) is 203 Å². The van der Waals surface area contributed by atoms with Crippen LogP contribution in [0, 0.1) is 23.2 Å². The summed E-state index contributed by atoms with van der Waals surface area (Å²) in [7, 11) is 1.34. The molecule has 3 amide bonds. The number of Topliss-reactive ketones (excluding diaryl/α,β-unsaturated/α-hetero) is 1. The highest BCUT2D eigenvalue weighted by molar-refractivity contribution is 5.97. The second-order valence-corrected chi connectivity index (χ2v) is 14.7. The monoisotopic (exact) mass is 689 g/mol. The lowest BCUT2D eigenvalue weighted by Gasteiger charge is -2.63. The number of unbranched alkanes of at least 4 members (excludes halogenated alkanes) is 1. The summed E-state index contributed by atoms with van der Waals surface area (Å²) in [6, 6.07) is 12.8. The van der Waals surface area contributed by atoms with Gasteiger partial charge in [0.05, 0.1) is 37.1 Å². The standard InChI is InChI=1S/C38H51N5O7/c1-3-4-10-29(43-34(47)28(39)16-24-11-13-27(44)14-12-24)35(48)41-22-31(45)42-30(17-23-8-6-5-7-9-23)32(46)33-37(36(49)50-2)18-25-15-26(19-37)21-38(33,40)20-25/h5-9,11-14,25-26,28-30,33,44H,3-4,10,15-22,39-40H2,1-2H3,(H,41,48)(H,42,45)(H,43,47)/t25?,26?,28-,29+,30-,33?,37?,38?/m0/s1. The van der Waals surface area contributed by atoms with Gasteiger partial charge in [-0.3, -0.25) is 24.0 Å². The Balaban J connectivity index is 1.27. The number of carbonyl (C=O) groups is 5. The van der Waals surface area contributed by atoms with Crippen molar-refractivity contribution in [2.24, 2.45) is 34.6 Å². The minimum atomic E-state index is -1.04. The first kappa shape index (κ1) is 37.0. The molecule has 4 fully saturated rings. The third kappa shape index (κ3) is 8.18. The van der Waals surface area contributed by atoms with Crippen LogP contribution in [0.3, 0.4) is 0 Å². The molecule has 270 valence electrons. The SMILES string of the molecule is CCCC[C@@H](NC(=O)[C@@H](N)Cc1ccc(O)cc1)C(=O)NCC(=O)N[C@@H](Cc1ccccc1)C(=O)C1C2(N)CC3CC(C2)CC1(C(=O)OC)C3. The predicted molar refractivity (Wildman–Crippen MR) is 186 cm³/mol. The Labute approximate surface area is 293 Å². The summed E-state index contributed by atoms with van der Waals surface area (Å²) in [6.07, 6.45) is 5.52. The van der Waals surface area contributed by atoms with Crippen LogP contribution in [0.5, 0.6) is 5.75 Å². The van der Waals surface area contributed by atoms with Crippen molar-refractivity contribution in [3.8, 4) is 5.75 Å². The van der Waals surface area contributed by atoms with Gasteiger partial charge in [0.1, 0.15) is 11.8 Å². The molecule has 0 spiro atoms. The third-order valence-corrected chi connectivity index (χ3v) is 10.9. The number of benzene rings is 2. The van der Waals surface area contributed by atoms with Gasteiger partial charge in [0.25, 0.3) is 0 Å². The Morgan fingerprint density at radius 3 is 2.14 bits per heavy atom. The zero-order valence-corrected chi connectivity index (χ0v) is 29.0. The highest BCUT2D eigenvalue weighted by atomic mass is 16.5. The number of phenolic OH excluding ortho intramolecular Hbond substituents is 1. The van der Waals surface area contributed by atoms with Gasteiger partial charge in [0.15, 0.2) is 5.78 Å². The van der Waals surface area contributed by atoms with Crippen LogP contribution >= 0.6 is 0 Å². The van der Waals surface area contributed by atoms with Gasteiger partial charge < -0.3 is 37.3 Å². The summed E-state index contributed by atoms with van der Waals surface area (Å²) >= 11 is 0. The number of amides is 3. The number of carbonyl (C=O) groups excluding carboxylic acids is 5. The maximum atomic E-state index is 14.6. The van der Waals surface area contributed by atoms with Crippen LogP contribution in [0.2, 0.25) is 0 Å². The molecule has 4 aliphatic rings. The van der Waals surface area contributed by atoms with Gasteiger partial charge in [-0.2, -0.15) is 0 Å². The molecule has 50 heavy (non-hydrogen) atoms. The molecule has 4 aliphatic carbocycles. The summed E-state index contributed by atoms with van der Waals surface area (Å²) in [5, 5.41) is 17.7. The van der Waals surface area contributed by atoms with Crippen LogP contribution in [-0.2, 0) is 41.6 Å². The van der Waals surface area contributed by atoms with Crippen LogP contribution in [0.25, 0.3) is 0 Å². The molecule has 2 aromatic carbocycles. The van der Waals surface area contributed by atoms with E-state index in [0.717, 1.165) is 24.0 Å². The number of hydrogen-bond donors (Lipinski definition) is 6. The molecule has 12 heteroatoms. The van der Waals surface area contributed by atoms with Gasteiger partial charge in [0.2, 0.25) is 17.7 Å².